The van der Waals surface area contributed by atoms with Gasteiger partial charge in [0.05, 0.1) is 23.7 Å². The third-order valence-corrected chi connectivity index (χ3v) is 6.12. The van der Waals surface area contributed by atoms with E-state index >= 15 is 0 Å². The van der Waals surface area contributed by atoms with Crippen molar-refractivity contribution in [3.8, 4) is 5.69 Å². The van der Waals surface area contributed by atoms with Gasteiger partial charge in [0.25, 0.3) is 11.1 Å². The summed E-state index contributed by atoms with van der Waals surface area (Å²) >= 11 is 0.800. The van der Waals surface area contributed by atoms with Crippen molar-refractivity contribution in [1.82, 2.24) is 9.47 Å². The highest BCUT2D eigenvalue weighted by Gasteiger charge is 2.41. The molecule has 1 aliphatic rings. The highest BCUT2D eigenvalue weighted by Crippen LogP contribution is 2.35. The molecule has 1 fully saturated rings. The summed E-state index contributed by atoms with van der Waals surface area (Å²) in [4.78, 5) is 50.4. The molecule has 9 heteroatoms. The summed E-state index contributed by atoms with van der Waals surface area (Å²) in [5.74, 6) is -1.52. The van der Waals surface area contributed by atoms with Crippen LogP contribution in [-0.2, 0) is 19.1 Å². The minimum absolute atomic E-state index is 0.169. The Balaban J connectivity index is 1.88. The molecule has 33 heavy (non-hydrogen) atoms. The van der Waals surface area contributed by atoms with Gasteiger partial charge in [-0.25, -0.2) is 9.59 Å². The largest absolute Gasteiger partial charge is 0.464 e. The molecular formula is C24H26N2O6S. The number of nitrogens with zero attached hydrogens (tertiary/aromatic N) is 2. The maximum absolute atomic E-state index is 12.9. The van der Waals surface area contributed by atoms with Crippen molar-refractivity contribution in [2.24, 2.45) is 0 Å². The molecule has 0 spiro atoms. The number of thioether (sulfide) groups is 1. The molecule has 1 aromatic carbocycles. The Morgan fingerprint density at radius 2 is 1.70 bits per heavy atom. The molecular weight excluding hydrogens is 444 g/mol. The zero-order chi connectivity index (χ0) is 24.3. The van der Waals surface area contributed by atoms with E-state index in [0.717, 1.165) is 39.3 Å². The topological polar surface area (TPSA) is 94.9 Å². The standard InChI is InChI=1S/C24H26N2O6S/c1-6-31-22(28)16(5)26-21(27)20(33-24(26)30)13-18-12-14(3)25(15(18)4)19-10-8-17(9-11-19)23(29)32-7-2/h8-13,16H,6-7H2,1-5H3. The predicted octanol–water partition coefficient (Wildman–Crippen LogP) is 4.26. The van der Waals surface area contributed by atoms with Crippen molar-refractivity contribution in [1.29, 1.82) is 0 Å². The van der Waals surface area contributed by atoms with Gasteiger partial charge in [0.1, 0.15) is 6.04 Å². The van der Waals surface area contributed by atoms with E-state index in [2.05, 4.69) is 0 Å². The Kier molecular flexibility index (Phi) is 7.43. The average Bonchev–Trinajstić information content (AvgIpc) is 3.22. The van der Waals surface area contributed by atoms with Crippen LogP contribution in [0.3, 0.4) is 0 Å². The fourth-order valence-corrected chi connectivity index (χ4v) is 4.51. The van der Waals surface area contributed by atoms with E-state index < -0.39 is 23.2 Å². The number of aromatic nitrogens is 1. The molecule has 1 aliphatic heterocycles. The summed E-state index contributed by atoms with van der Waals surface area (Å²) < 4.78 is 12.0. The van der Waals surface area contributed by atoms with Crippen LogP contribution in [0.15, 0.2) is 35.2 Å². The van der Waals surface area contributed by atoms with Crippen molar-refractivity contribution in [2.45, 2.75) is 40.7 Å². The number of imide groups is 1. The van der Waals surface area contributed by atoms with Gasteiger partial charge in [-0.2, -0.15) is 0 Å². The lowest BCUT2D eigenvalue weighted by Gasteiger charge is -2.19. The van der Waals surface area contributed by atoms with Crippen LogP contribution in [0.25, 0.3) is 11.8 Å². The molecule has 1 aromatic heterocycles. The first-order valence-electron chi connectivity index (χ1n) is 10.6. The second-order valence-corrected chi connectivity index (χ2v) is 8.40. The third kappa shape index (κ3) is 4.88. The molecule has 174 valence electrons. The fourth-order valence-electron chi connectivity index (χ4n) is 3.62. The number of esters is 2. The van der Waals surface area contributed by atoms with E-state index in [9.17, 15) is 19.2 Å². The first-order chi connectivity index (χ1) is 15.7. The Morgan fingerprint density at radius 1 is 1.06 bits per heavy atom. The zero-order valence-electron chi connectivity index (χ0n) is 19.2. The molecule has 0 saturated carbocycles. The molecule has 3 rings (SSSR count). The van der Waals surface area contributed by atoms with Crippen LogP contribution in [0.2, 0.25) is 0 Å². The molecule has 2 heterocycles. The predicted molar refractivity (Wildman–Crippen MR) is 125 cm³/mol. The molecule has 2 aromatic rings. The van der Waals surface area contributed by atoms with Crippen molar-refractivity contribution >= 4 is 40.9 Å². The van der Waals surface area contributed by atoms with E-state index in [0.29, 0.717) is 12.2 Å². The summed E-state index contributed by atoms with van der Waals surface area (Å²) in [6.07, 6.45) is 1.66. The van der Waals surface area contributed by atoms with Gasteiger partial charge in [-0.15, -0.1) is 0 Å². The highest BCUT2D eigenvalue weighted by molar-refractivity contribution is 8.18. The molecule has 1 unspecified atom stereocenters. The van der Waals surface area contributed by atoms with Crippen LogP contribution in [0.4, 0.5) is 4.79 Å². The van der Waals surface area contributed by atoms with Gasteiger partial charge >= 0.3 is 11.9 Å². The summed E-state index contributed by atoms with van der Waals surface area (Å²) in [7, 11) is 0. The molecule has 0 radical (unpaired) electrons. The van der Waals surface area contributed by atoms with E-state index in [1.165, 1.54) is 6.92 Å². The number of carbonyl (C=O) groups is 4. The highest BCUT2D eigenvalue weighted by atomic mass is 32.2. The van der Waals surface area contributed by atoms with Crippen molar-refractivity contribution in [3.63, 3.8) is 0 Å². The van der Waals surface area contributed by atoms with Crippen molar-refractivity contribution in [2.75, 3.05) is 13.2 Å². The van der Waals surface area contributed by atoms with Crippen LogP contribution in [0, 0.1) is 13.8 Å². The smallest absolute Gasteiger partial charge is 0.338 e. The molecule has 1 saturated heterocycles. The van der Waals surface area contributed by atoms with E-state index in [1.54, 1.807) is 32.1 Å². The van der Waals surface area contributed by atoms with E-state index in [-0.39, 0.29) is 17.5 Å². The van der Waals surface area contributed by atoms with Gasteiger partial charge in [0, 0.05) is 17.1 Å². The Hall–Kier alpha value is -3.33. The number of aryl methyl sites for hydroxylation is 1. The average molecular weight is 471 g/mol. The third-order valence-electron chi connectivity index (χ3n) is 5.23. The van der Waals surface area contributed by atoms with E-state index in [4.69, 9.17) is 9.47 Å². The second-order valence-electron chi connectivity index (χ2n) is 7.41. The number of benzene rings is 1. The molecule has 8 nitrogen and oxygen atoms in total. The number of hydrogen-bond acceptors (Lipinski definition) is 7. The summed E-state index contributed by atoms with van der Waals surface area (Å²) in [6, 6.07) is 7.98. The minimum atomic E-state index is -0.992. The Bertz CT molecular complexity index is 1130. The first kappa shape index (κ1) is 24.3. The minimum Gasteiger partial charge on any atom is -0.464 e. The monoisotopic (exact) mass is 470 g/mol. The maximum Gasteiger partial charge on any atom is 0.338 e. The Labute approximate surface area is 196 Å². The lowest BCUT2D eigenvalue weighted by molar-refractivity contribution is -0.150. The summed E-state index contributed by atoms with van der Waals surface area (Å²) in [6.45, 7) is 9.21. The quantitative estimate of drug-likeness (QED) is 0.441. The van der Waals surface area contributed by atoms with Crippen LogP contribution in [0.1, 0.15) is 48.1 Å². The van der Waals surface area contributed by atoms with Crippen molar-refractivity contribution in [3.05, 3.63) is 57.8 Å². The first-order valence-corrected chi connectivity index (χ1v) is 11.4. The summed E-state index contributed by atoms with van der Waals surface area (Å²) in [5, 5.41) is -0.504. The fraction of sp³-hybridized carbons (Fsp3) is 0.333. The van der Waals surface area contributed by atoms with Crippen molar-refractivity contribution < 1.29 is 28.7 Å². The lowest BCUT2D eigenvalue weighted by Crippen LogP contribution is -2.42. The molecule has 0 aliphatic carbocycles. The molecule has 0 bridgehead atoms. The van der Waals surface area contributed by atoms with Gasteiger partial charge in [-0.05, 0) is 88.4 Å². The van der Waals surface area contributed by atoms with Gasteiger partial charge in [-0.3, -0.25) is 14.5 Å². The normalized spacial score (nSPS) is 15.8. The molecule has 2 amide bonds. The number of rotatable bonds is 7. The van der Waals surface area contributed by atoms with Crippen LogP contribution < -0.4 is 0 Å². The van der Waals surface area contributed by atoms with Crippen LogP contribution in [-0.4, -0.2) is 51.8 Å². The van der Waals surface area contributed by atoms with Gasteiger partial charge in [0.15, 0.2) is 0 Å². The molecule has 0 N–H and O–H groups in total. The van der Waals surface area contributed by atoms with Gasteiger partial charge in [0.2, 0.25) is 0 Å². The van der Waals surface area contributed by atoms with Crippen LogP contribution in [0.5, 0.6) is 0 Å². The lowest BCUT2D eigenvalue weighted by atomic mass is 10.2. The molecule has 1 atom stereocenters. The number of ether oxygens (including phenoxy) is 2. The number of amides is 2. The number of carbonyl (C=O) groups excluding carboxylic acids is 4. The zero-order valence-corrected chi connectivity index (χ0v) is 20.0. The van der Waals surface area contributed by atoms with Gasteiger partial charge < -0.3 is 14.0 Å². The van der Waals surface area contributed by atoms with Gasteiger partial charge in [-0.1, -0.05) is 0 Å². The second kappa shape index (κ2) is 10.1. The Morgan fingerprint density at radius 3 is 2.30 bits per heavy atom. The van der Waals surface area contributed by atoms with E-state index in [1.807, 2.05) is 36.6 Å². The number of hydrogen-bond donors (Lipinski definition) is 0. The van der Waals surface area contributed by atoms with Crippen LogP contribution >= 0.6 is 11.8 Å². The summed E-state index contributed by atoms with van der Waals surface area (Å²) in [5.41, 5.74) is 3.87. The SMILES string of the molecule is CCOC(=O)c1ccc(-n2c(C)cc(C=C3SC(=O)N(C(C)C(=O)OCC)C3=O)c2C)cc1. The maximum atomic E-state index is 12.9.